The van der Waals surface area contributed by atoms with E-state index in [4.69, 9.17) is 0 Å². The van der Waals surface area contributed by atoms with Crippen LogP contribution in [0.4, 0.5) is 0 Å². The molecule has 1 N–H and O–H groups in total. The summed E-state index contributed by atoms with van der Waals surface area (Å²) in [7, 11) is 0. The standard InChI is InChI=1S/C14H15Br2NS/c1-3-17-13(10-6-4-5-9(2)7-10)12-8-11(15)14(16)18-12/h4-8,13,17H,3H2,1-2H3. The first-order valence-corrected chi connectivity index (χ1v) is 8.26. The summed E-state index contributed by atoms with van der Waals surface area (Å²) >= 11 is 8.89. The predicted molar refractivity (Wildman–Crippen MR) is 86.4 cm³/mol. The van der Waals surface area contributed by atoms with Gasteiger partial charge in [0.05, 0.1) is 9.83 Å². The zero-order chi connectivity index (χ0) is 13.1. The van der Waals surface area contributed by atoms with Gasteiger partial charge in [-0.05, 0) is 57.0 Å². The number of aryl methyl sites for hydroxylation is 1. The number of halogens is 2. The van der Waals surface area contributed by atoms with Gasteiger partial charge >= 0.3 is 0 Å². The van der Waals surface area contributed by atoms with Gasteiger partial charge in [-0.3, -0.25) is 0 Å². The lowest BCUT2D eigenvalue weighted by Crippen LogP contribution is -2.21. The second-order valence-corrected chi connectivity index (χ2v) is 7.43. The van der Waals surface area contributed by atoms with Crippen molar-refractivity contribution in [1.82, 2.24) is 5.32 Å². The molecule has 2 aromatic rings. The van der Waals surface area contributed by atoms with Gasteiger partial charge in [0.1, 0.15) is 0 Å². The third kappa shape index (κ3) is 3.23. The SMILES string of the molecule is CCNC(c1cccc(C)c1)c1cc(Br)c(Br)s1. The van der Waals surface area contributed by atoms with Crippen LogP contribution in [0.25, 0.3) is 0 Å². The fourth-order valence-corrected chi connectivity index (χ4v) is 4.14. The molecule has 1 atom stereocenters. The lowest BCUT2D eigenvalue weighted by atomic mass is 10.0. The normalized spacial score (nSPS) is 12.7. The van der Waals surface area contributed by atoms with Gasteiger partial charge in [-0.1, -0.05) is 36.8 Å². The molecule has 0 saturated heterocycles. The molecular weight excluding hydrogens is 374 g/mol. The maximum atomic E-state index is 3.57. The van der Waals surface area contributed by atoms with E-state index in [9.17, 15) is 0 Å². The highest BCUT2D eigenvalue weighted by molar-refractivity contribution is 9.13. The summed E-state index contributed by atoms with van der Waals surface area (Å²) < 4.78 is 2.27. The van der Waals surface area contributed by atoms with Crippen molar-refractivity contribution in [3.8, 4) is 0 Å². The molecule has 0 spiro atoms. The van der Waals surface area contributed by atoms with Crippen LogP contribution >= 0.6 is 43.2 Å². The third-order valence-corrected chi connectivity index (χ3v) is 6.05. The molecule has 1 heterocycles. The summed E-state index contributed by atoms with van der Waals surface area (Å²) in [6.45, 7) is 5.22. The summed E-state index contributed by atoms with van der Waals surface area (Å²) in [5, 5.41) is 3.55. The average Bonchev–Trinajstić information content (AvgIpc) is 2.66. The molecule has 0 bridgehead atoms. The number of rotatable bonds is 4. The molecule has 0 aliphatic heterocycles. The van der Waals surface area contributed by atoms with E-state index in [2.05, 4.69) is 81.4 Å². The van der Waals surface area contributed by atoms with Crippen LogP contribution in [0.3, 0.4) is 0 Å². The fraction of sp³-hybridized carbons (Fsp3) is 0.286. The Morgan fingerprint density at radius 3 is 2.61 bits per heavy atom. The van der Waals surface area contributed by atoms with Gasteiger partial charge < -0.3 is 5.32 Å². The zero-order valence-corrected chi connectivity index (χ0v) is 14.3. The van der Waals surface area contributed by atoms with Crippen molar-refractivity contribution in [2.45, 2.75) is 19.9 Å². The van der Waals surface area contributed by atoms with E-state index in [1.165, 1.54) is 16.0 Å². The molecule has 0 amide bonds. The van der Waals surface area contributed by atoms with Crippen LogP contribution in [0, 0.1) is 6.92 Å². The third-order valence-electron chi connectivity index (χ3n) is 2.73. The van der Waals surface area contributed by atoms with Crippen LogP contribution in [0.1, 0.15) is 29.0 Å². The molecule has 1 nitrogen and oxygen atoms in total. The minimum absolute atomic E-state index is 0.266. The Balaban J connectivity index is 2.39. The monoisotopic (exact) mass is 387 g/mol. The molecule has 1 unspecified atom stereocenters. The number of hydrogen-bond acceptors (Lipinski definition) is 2. The molecule has 0 radical (unpaired) electrons. The van der Waals surface area contributed by atoms with Crippen LogP contribution < -0.4 is 5.32 Å². The second kappa shape index (κ2) is 6.33. The Morgan fingerprint density at radius 1 is 1.28 bits per heavy atom. The van der Waals surface area contributed by atoms with Crippen molar-refractivity contribution in [3.05, 3.63) is 54.6 Å². The van der Waals surface area contributed by atoms with Crippen molar-refractivity contribution in [1.29, 1.82) is 0 Å². The molecule has 0 aliphatic rings. The minimum atomic E-state index is 0.266. The number of benzene rings is 1. The Labute approximate surface area is 129 Å². The van der Waals surface area contributed by atoms with Crippen molar-refractivity contribution in [2.24, 2.45) is 0 Å². The summed E-state index contributed by atoms with van der Waals surface area (Å²) in [5.74, 6) is 0. The number of hydrogen-bond donors (Lipinski definition) is 1. The molecule has 4 heteroatoms. The highest BCUT2D eigenvalue weighted by atomic mass is 79.9. The summed E-state index contributed by atoms with van der Waals surface area (Å²) in [5.41, 5.74) is 2.61. The molecule has 1 aromatic heterocycles. The van der Waals surface area contributed by atoms with E-state index in [0.717, 1.165) is 14.8 Å². The van der Waals surface area contributed by atoms with E-state index in [1.807, 2.05) is 0 Å². The first-order valence-electron chi connectivity index (χ1n) is 5.86. The van der Waals surface area contributed by atoms with E-state index in [-0.39, 0.29) is 6.04 Å². The first-order chi connectivity index (χ1) is 8.61. The van der Waals surface area contributed by atoms with Crippen LogP contribution in [0.15, 0.2) is 38.6 Å². The van der Waals surface area contributed by atoms with Crippen LogP contribution in [0.5, 0.6) is 0 Å². The Morgan fingerprint density at radius 2 is 2.06 bits per heavy atom. The number of thiophene rings is 1. The van der Waals surface area contributed by atoms with Gasteiger partial charge in [-0.2, -0.15) is 0 Å². The summed E-state index contributed by atoms with van der Waals surface area (Å²) in [6, 6.07) is 11.1. The van der Waals surface area contributed by atoms with Gasteiger partial charge in [0.2, 0.25) is 0 Å². The van der Waals surface area contributed by atoms with Gasteiger partial charge in [-0.15, -0.1) is 11.3 Å². The largest absolute Gasteiger partial charge is 0.306 e. The quantitative estimate of drug-likeness (QED) is 0.751. The Hall–Kier alpha value is -0.160. The Kier molecular flexibility index (Phi) is 5.01. The minimum Gasteiger partial charge on any atom is -0.306 e. The van der Waals surface area contributed by atoms with Crippen LogP contribution in [-0.2, 0) is 0 Å². The molecule has 18 heavy (non-hydrogen) atoms. The van der Waals surface area contributed by atoms with E-state index >= 15 is 0 Å². The summed E-state index contributed by atoms with van der Waals surface area (Å²) in [6.07, 6.45) is 0. The van der Waals surface area contributed by atoms with Crippen molar-refractivity contribution in [2.75, 3.05) is 6.54 Å². The summed E-state index contributed by atoms with van der Waals surface area (Å²) in [4.78, 5) is 1.32. The molecule has 0 fully saturated rings. The molecular formula is C14H15Br2NS. The smallest absolute Gasteiger partial charge is 0.0843 e. The highest BCUT2D eigenvalue weighted by Gasteiger charge is 2.16. The first kappa shape index (κ1) is 14.3. The second-order valence-electron chi connectivity index (χ2n) is 4.18. The fourth-order valence-electron chi connectivity index (χ4n) is 1.94. The average molecular weight is 389 g/mol. The van der Waals surface area contributed by atoms with Crippen LogP contribution in [0.2, 0.25) is 0 Å². The topological polar surface area (TPSA) is 12.0 Å². The predicted octanol–water partition coefficient (Wildman–Crippen LogP) is 5.28. The van der Waals surface area contributed by atoms with E-state index in [0.29, 0.717) is 0 Å². The van der Waals surface area contributed by atoms with Gasteiger partial charge in [-0.25, -0.2) is 0 Å². The lowest BCUT2D eigenvalue weighted by Gasteiger charge is -2.17. The highest BCUT2D eigenvalue weighted by Crippen LogP contribution is 2.37. The van der Waals surface area contributed by atoms with Gasteiger partial charge in [0.15, 0.2) is 0 Å². The van der Waals surface area contributed by atoms with E-state index in [1.54, 1.807) is 11.3 Å². The van der Waals surface area contributed by atoms with Crippen LogP contribution in [-0.4, -0.2) is 6.54 Å². The molecule has 0 aliphatic carbocycles. The van der Waals surface area contributed by atoms with Crippen molar-refractivity contribution >= 4 is 43.2 Å². The van der Waals surface area contributed by atoms with Crippen molar-refractivity contribution in [3.63, 3.8) is 0 Å². The number of nitrogens with one attached hydrogen (secondary N) is 1. The van der Waals surface area contributed by atoms with Gasteiger partial charge in [0.25, 0.3) is 0 Å². The molecule has 1 aromatic carbocycles. The van der Waals surface area contributed by atoms with Crippen molar-refractivity contribution < 1.29 is 0 Å². The van der Waals surface area contributed by atoms with E-state index < -0.39 is 0 Å². The van der Waals surface area contributed by atoms with Gasteiger partial charge in [0, 0.05) is 9.35 Å². The Bertz CT molecular complexity index is 517. The molecule has 0 saturated carbocycles. The zero-order valence-electron chi connectivity index (χ0n) is 10.3. The maximum absolute atomic E-state index is 3.57. The molecule has 96 valence electrons. The molecule has 2 rings (SSSR count). The lowest BCUT2D eigenvalue weighted by molar-refractivity contribution is 0.639. The maximum Gasteiger partial charge on any atom is 0.0843 e.